The van der Waals surface area contributed by atoms with E-state index in [4.69, 9.17) is 9.84 Å². The van der Waals surface area contributed by atoms with Crippen LogP contribution in [-0.2, 0) is 13.2 Å². The predicted octanol–water partition coefficient (Wildman–Crippen LogP) is 4.88. The molecule has 0 aliphatic rings. The molecule has 0 bridgehead atoms. The summed E-state index contributed by atoms with van der Waals surface area (Å²) in [4.78, 5) is 10.8. The molecule has 0 unspecified atom stereocenters. The molecule has 0 radical (unpaired) electrons. The van der Waals surface area contributed by atoms with Crippen molar-refractivity contribution in [1.82, 2.24) is 0 Å². The molecule has 0 spiro atoms. The molecular weight excluding hydrogens is 326 g/mol. The van der Waals surface area contributed by atoms with E-state index in [0.717, 1.165) is 22.6 Å². The van der Waals surface area contributed by atoms with E-state index in [9.17, 15) is 4.79 Å². The number of aromatic carboxylic acids is 1. The Morgan fingerprint density at radius 1 is 0.885 bits per heavy atom. The summed E-state index contributed by atoms with van der Waals surface area (Å²) in [6.45, 7) is 3.27. The summed E-state index contributed by atoms with van der Waals surface area (Å²) in [7, 11) is 0. The van der Waals surface area contributed by atoms with Crippen molar-refractivity contribution in [2.45, 2.75) is 20.1 Å². The van der Waals surface area contributed by atoms with Crippen molar-refractivity contribution in [2.75, 3.05) is 5.32 Å². The minimum Gasteiger partial charge on any atom is -0.489 e. The van der Waals surface area contributed by atoms with Gasteiger partial charge in [0.1, 0.15) is 12.4 Å². The van der Waals surface area contributed by atoms with Gasteiger partial charge in [0.2, 0.25) is 0 Å². The smallest absolute Gasteiger partial charge is 0.335 e. The lowest BCUT2D eigenvalue weighted by molar-refractivity contribution is 0.0697. The Morgan fingerprint density at radius 3 is 2.12 bits per heavy atom. The first kappa shape index (κ1) is 17.5. The predicted molar refractivity (Wildman–Crippen MR) is 103 cm³/mol. The maximum absolute atomic E-state index is 10.8. The molecule has 0 fully saturated rings. The lowest BCUT2D eigenvalue weighted by Gasteiger charge is -2.09. The van der Waals surface area contributed by atoms with Crippen LogP contribution in [0.4, 0.5) is 5.69 Å². The summed E-state index contributed by atoms with van der Waals surface area (Å²) in [5, 5.41) is 12.2. The Hall–Kier alpha value is -3.27. The molecule has 0 saturated heterocycles. The number of ether oxygens (including phenoxy) is 1. The molecule has 3 rings (SSSR count). The zero-order chi connectivity index (χ0) is 18.4. The Bertz CT molecular complexity index is 853. The number of aryl methyl sites for hydroxylation is 1. The second-order valence-corrected chi connectivity index (χ2v) is 6.15. The lowest BCUT2D eigenvalue weighted by atomic mass is 10.1. The maximum Gasteiger partial charge on any atom is 0.335 e. The van der Waals surface area contributed by atoms with Crippen LogP contribution in [-0.4, -0.2) is 11.1 Å². The van der Waals surface area contributed by atoms with Gasteiger partial charge < -0.3 is 15.2 Å². The number of hydrogen-bond donors (Lipinski definition) is 2. The van der Waals surface area contributed by atoms with E-state index in [1.165, 1.54) is 5.56 Å². The SMILES string of the molecule is Cc1ccc(COc2ccc(CNc3ccc(C(=O)O)cc3)cc2)cc1. The van der Waals surface area contributed by atoms with Crippen molar-refractivity contribution in [2.24, 2.45) is 0 Å². The highest BCUT2D eigenvalue weighted by Crippen LogP contribution is 2.16. The molecule has 4 heteroatoms. The highest BCUT2D eigenvalue weighted by Gasteiger charge is 2.02. The van der Waals surface area contributed by atoms with Crippen LogP contribution >= 0.6 is 0 Å². The monoisotopic (exact) mass is 347 g/mol. The van der Waals surface area contributed by atoms with Gasteiger partial charge in [-0.05, 0) is 54.4 Å². The van der Waals surface area contributed by atoms with Crippen LogP contribution < -0.4 is 10.1 Å². The minimum atomic E-state index is -0.919. The molecule has 0 aromatic heterocycles. The molecule has 0 saturated carbocycles. The summed E-state index contributed by atoms with van der Waals surface area (Å²) in [6, 6.07) is 23.0. The number of carboxylic acids is 1. The molecule has 0 aliphatic carbocycles. The molecule has 0 heterocycles. The van der Waals surface area contributed by atoms with E-state index in [0.29, 0.717) is 13.2 Å². The van der Waals surface area contributed by atoms with Gasteiger partial charge in [-0.1, -0.05) is 42.0 Å². The van der Waals surface area contributed by atoms with Crippen LogP contribution in [0.5, 0.6) is 5.75 Å². The third-order valence-electron chi connectivity index (χ3n) is 4.08. The zero-order valence-electron chi connectivity index (χ0n) is 14.6. The summed E-state index contributed by atoms with van der Waals surface area (Å²) >= 11 is 0. The number of carbonyl (C=O) groups is 1. The molecule has 0 atom stereocenters. The van der Waals surface area contributed by atoms with Crippen molar-refractivity contribution < 1.29 is 14.6 Å². The van der Waals surface area contributed by atoms with Gasteiger partial charge in [0.25, 0.3) is 0 Å². The Labute approximate surface area is 153 Å². The molecular formula is C22H21NO3. The largest absolute Gasteiger partial charge is 0.489 e. The second-order valence-electron chi connectivity index (χ2n) is 6.15. The van der Waals surface area contributed by atoms with Crippen molar-refractivity contribution in [3.8, 4) is 5.75 Å². The average Bonchev–Trinajstić information content (AvgIpc) is 2.67. The van der Waals surface area contributed by atoms with Gasteiger partial charge in [0.05, 0.1) is 5.56 Å². The topological polar surface area (TPSA) is 58.6 Å². The molecule has 0 amide bonds. The van der Waals surface area contributed by atoms with E-state index >= 15 is 0 Å². The summed E-state index contributed by atoms with van der Waals surface area (Å²) in [6.07, 6.45) is 0. The van der Waals surface area contributed by atoms with E-state index in [1.54, 1.807) is 24.3 Å². The number of carboxylic acid groups (broad SMARTS) is 1. The normalized spacial score (nSPS) is 10.3. The van der Waals surface area contributed by atoms with Gasteiger partial charge >= 0.3 is 5.97 Å². The standard InChI is InChI=1S/C22H21NO3/c1-16-2-4-18(5-3-16)15-26-21-12-6-17(7-13-21)14-23-20-10-8-19(9-11-20)22(24)25/h2-13,23H,14-15H2,1H3,(H,24,25). The lowest BCUT2D eigenvalue weighted by Crippen LogP contribution is -2.01. The number of nitrogens with one attached hydrogen (secondary N) is 1. The summed E-state index contributed by atoms with van der Waals surface area (Å²) < 4.78 is 5.81. The number of rotatable bonds is 7. The van der Waals surface area contributed by atoms with Gasteiger partial charge in [0.15, 0.2) is 0 Å². The summed E-state index contributed by atoms with van der Waals surface area (Å²) in [5.41, 5.74) is 4.67. The third kappa shape index (κ3) is 4.86. The van der Waals surface area contributed by atoms with Gasteiger partial charge in [0, 0.05) is 12.2 Å². The van der Waals surface area contributed by atoms with Crippen molar-refractivity contribution in [1.29, 1.82) is 0 Å². The van der Waals surface area contributed by atoms with Crippen LogP contribution in [0.1, 0.15) is 27.0 Å². The van der Waals surface area contributed by atoms with Crippen LogP contribution in [0.15, 0.2) is 72.8 Å². The molecule has 3 aromatic carbocycles. The van der Waals surface area contributed by atoms with Crippen LogP contribution in [0, 0.1) is 6.92 Å². The Morgan fingerprint density at radius 2 is 1.50 bits per heavy atom. The van der Waals surface area contributed by atoms with Crippen LogP contribution in [0.3, 0.4) is 0 Å². The molecule has 0 aliphatic heterocycles. The highest BCUT2D eigenvalue weighted by molar-refractivity contribution is 5.87. The van der Waals surface area contributed by atoms with E-state index < -0.39 is 5.97 Å². The molecule has 2 N–H and O–H groups in total. The van der Waals surface area contributed by atoms with Crippen molar-refractivity contribution in [3.05, 3.63) is 95.1 Å². The van der Waals surface area contributed by atoms with Crippen LogP contribution in [0.2, 0.25) is 0 Å². The number of benzene rings is 3. The fraction of sp³-hybridized carbons (Fsp3) is 0.136. The van der Waals surface area contributed by atoms with Gasteiger partial charge in [-0.3, -0.25) is 0 Å². The first-order chi connectivity index (χ1) is 12.6. The first-order valence-electron chi connectivity index (χ1n) is 8.45. The van der Waals surface area contributed by atoms with E-state index in [-0.39, 0.29) is 5.56 Å². The van der Waals surface area contributed by atoms with Crippen LogP contribution in [0.25, 0.3) is 0 Å². The van der Waals surface area contributed by atoms with Gasteiger partial charge in [-0.15, -0.1) is 0 Å². The van der Waals surface area contributed by atoms with Crippen molar-refractivity contribution in [3.63, 3.8) is 0 Å². The van der Waals surface area contributed by atoms with Crippen molar-refractivity contribution >= 4 is 11.7 Å². The number of hydrogen-bond acceptors (Lipinski definition) is 3. The summed E-state index contributed by atoms with van der Waals surface area (Å²) in [5.74, 6) is -0.0853. The quantitative estimate of drug-likeness (QED) is 0.639. The molecule has 4 nitrogen and oxygen atoms in total. The fourth-order valence-electron chi connectivity index (χ4n) is 2.49. The molecule has 26 heavy (non-hydrogen) atoms. The first-order valence-corrected chi connectivity index (χ1v) is 8.45. The average molecular weight is 347 g/mol. The highest BCUT2D eigenvalue weighted by atomic mass is 16.5. The van der Waals surface area contributed by atoms with Gasteiger partial charge in [-0.25, -0.2) is 4.79 Å². The second kappa shape index (κ2) is 8.21. The molecule has 3 aromatic rings. The Balaban J connectivity index is 1.50. The maximum atomic E-state index is 10.8. The third-order valence-corrected chi connectivity index (χ3v) is 4.08. The number of anilines is 1. The Kier molecular flexibility index (Phi) is 5.54. The minimum absolute atomic E-state index is 0.283. The van der Waals surface area contributed by atoms with E-state index in [1.807, 2.05) is 24.3 Å². The van der Waals surface area contributed by atoms with Gasteiger partial charge in [-0.2, -0.15) is 0 Å². The molecule has 132 valence electrons. The fourth-order valence-corrected chi connectivity index (χ4v) is 2.49. The zero-order valence-corrected chi connectivity index (χ0v) is 14.6. The van der Waals surface area contributed by atoms with E-state index in [2.05, 4.69) is 36.5 Å².